The SMILES string of the molecule is Cc1ncsc1-c1ccc(CNC(=O)[C@@H]2C[C@@H](O)CN2C(=O)[C@@H](NC(=O)CCOCCOCCC(=O)OCc2ccccc2)C(C)(C)C)cc1. The molecule has 12 nitrogen and oxygen atoms in total. The van der Waals surface area contributed by atoms with Gasteiger partial charge in [-0.25, -0.2) is 4.98 Å². The summed E-state index contributed by atoms with van der Waals surface area (Å²) in [7, 11) is 0. The molecule has 0 unspecified atom stereocenters. The number of nitrogens with zero attached hydrogens (tertiary/aromatic N) is 2. The topological polar surface area (TPSA) is 156 Å². The number of β-amino-alcohol motifs (C(OH)–C–C–N with tert-alkyl or cyclic N) is 1. The summed E-state index contributed by atoms with van der Waals surface area (Å²) in [6.45, 7) is 8.72. The molecule has 3 aromatic rings. The third kappa shape index (κ3) is 11.7. The van der Waals surface area contributed by atoms with Crippen LogP contribution in [-0.2, 0) is 46.5 Å². The largest absolute Gasteiger partial charge is 0.461 e. The van der Waals surface area contributed by atoms with Gasteiger partial charge in [-0.1, -0.05) is 75.4 Å². The molecule has 1 aliphatic rings. The zero-order valence-electron chi connectivity index (χ0n) is 29.2. The molecule has 0 spiro atoms. The van der Waals surface area contributed by atoms with Crippen molar-refractivity contribution in [2.75, 3.05) is 33.0 Å². The molecule has 0 saturated carbocycles. The van der Waals surface area contributed by atoms with Crippen molar-refractivity contribution in [1.29, 1.82) is 0 Å². The molecule has 0 radical (unpaired) electrons. The van der Waals surface area contributed by atoms with Gasteiger partial charge in [0.15, 0.2) is 0 Å². The highest BCUT2D eigenvalue weighted by Gasteiger charge is 2.44. The van der Waals surface area contributed by atoms with Crippen molar-refractivity contribution in [1.82, 2.24) is 20.5 Å². The number of benzene rings is 2. The molecule has 1 fully saturated rings. The van der Waals surface area contributed by atoms with E-state index in [1.807, 2.05) is 87.8 Å². The molecule has 50 heavy (non-hydrogen) atoms. The third-order valence-corrected chi connectivity index (χ3v) is 9.23. The maximum atomic E-state index is 13.8. The predicted octanol–water partition coefficient (Wildman–Crippen LogP) is 3.78. The molecular weight excluding hydrogens is 660 g/mol. The van der Waals surface area contributed by atoms with Crippen LogP contribution in [0.5, 0.6) is 0 Å². The Kier molecular flexibility index (Phi) is 14.5. The summed E-state index contributed by atoms with van der Waals surface area (Å²) >= 11 is 1.57. The highest BCUT2D eigenvalue weighted by atomic mass is 32.1. The molecule has 2 aromatic carbocycles. The van der Waals surface area contributed by atoms with Gasteiger partial charge in [0.25, 0.3) is 0 Å². The van der Waals surface area contributed by atoms with E-state index in [1.54, 1.807) is 11.3 Å². The summed E-state index contributed by atoms with van der Waals surface area (Å²) in [5, 5.41) is 16.2. The fourth-order valence-corrected chi connectivity index (χ4v) is 6.28. The van der Waals surface area contributed by atoms with Gasteiger partial charge in [-0.3, -0.25) is 19.2 Å². The predicted molar refractivity (Wildman–Crippen MR) is 189 cm³/mol. The normalized spacial score (nSPS) is 16.5. The molecular formula is C37H48N4O8S. The number of aromatic nitrogens is 1. The molecule has 1 saturated heterocycles. The number of aryl methyl sites for hydroxylation is 1. The first-order chi connectivity index (χ1) is 23.9. The van der Waals surface area contributed by atoms with Gasteiger partial charge in [-0.15, -0.1) is 11.3 Å². The van der Waals surface area contributed by atoms with Crippen molar-refractivity contribution in [3.63, 3.8) is 0 Å². The van der Waals surface area contributed by atoms with E-state index in [2.05, 4.69) is 15.6 Å². The van der Waals surface area contributed by atoms with Crippen molar-refractivity contribution in [2.24, 2.45) is 5.41 Å². The first-order valence-electron chi connectivity index (χ1n) is 16.8. The molecule has 0 bridgehead atoms. The maximum Gasteiger partial charge on any atom is 0.308 e. The second-order valence-corrected chi connectivity index (χ2v) is 14.2. The Hall–Kier alpha value is -4.17. The molecule has 2 heterocycles. The minimum absolute atomic E-state index is 0.00384. The quantitative estimate of drug-likeness (QED) is 0.140. The van der Waals surface area contributed by atoms with Crippen LogP contribution >= 0.6 is 11.3 Å². The minimum Gasteiger partial charge on any atom is -0.461 e. The van der Waals surface area contributed by atoms with Crippen LogP contribution in [0.2, 0.25) is 0 Å². The number of likely N-dealkylation sites (tertiary alicyclic amines) is 1. The average Bonchev–Trinajstić information content (AvgIpc) is 3.71. The third-order valence-electron chi connectivity index (χ3n) is 8.25. The van der Waals surface area contributed by atoms with Crippen LogP contribution in [0.1, 0.15) is 56.9 Å². The van der Waals surface area contributed by atoms with E-state index in [1.165, 1.54) is 4.90 Å². The van der Waals surface area contributed by atoms with Crippen molar-refractivity contribution in [3.05, 3.63) is 76.9 Å². The number of amides is 3. The second-order valence-electron chi connectivity index (χ2n) is 13.3. The summed E-state index contributed by atoms with van der Waals surface area (Å²) in [5.41, 5.74) is 4.97. The van der Waals surface area contributed by atoms with Crippen molar-refractivity contribution in [2.45, 2.75) is 78.3 Å². The smallest absolute Gasteiger partial charge is 0.308 e. The van der Waals surface area contributed by atoms with Gasteiger partial charge in [0.05, 0.1) is 55.0 Å². The Labute approximate surface area is 297 Å². The molecule has 1 aliphatic heterocycles. The Balaban J connectivity index is 1.17. The number of aliphatic hydroxyl groups is 1. The van der Waals surface area contributed by atoms with Gasteiger partial charge >= 0.3 is 5.97 Å². The van der Waals surface area contributed by atoms with Crippen molar-refractivity contribution < 1.29 is 38.5 Å². The molecule has 3 atom stereocenters. The van der Waals surface area contributed by atoms with Crippen LogP contribution in [0.3, 0.4) is 0 Å². The van der Waals surface area contributed by atoms with Crippen molar-refractivity contribution in [3.8, 4) is 10.4 Å². The average molecular weight is 709 g/mol. The molecule has 0 aliphatic carbocycles. The van der Waals surface area contributed by atoms with Crippen LogP contribution in [0.4, 0.5) is 0 Å². The molecule has 1 aromatic heterocycles. The minimum atomic E-state index is -0.927. The van der Waals surface area contributed by atoms with Gasteiger partial charge in [-0.05, 0) is 29.0 Å². The number of esters is 1. The summed E-state index contributed by atoms with van der Waals surface area (Å²) in [4.78, 5) is 58.6. The lowest BCUT2D eigenvalue weighted by molar-refractivity contribution is -0.146. The Morgan fingerprint density at radius 1 is 0.960 bits per heavy atom. The fraction of sp³-hybridized carbons (Fsp3) is 0.486. The molecule has 3 N–H and O–H groups in total. The van der Waals surface area contributed by atoms with Crippen LogP contribution in [0.15, 0.2) is 60.1 Å². The van der Waals surface area contributed by atoms with Gasteiger partial charge in [0.1, 0.15) is 18.7 Å². The molecule has 270 valence electrons. The Morgan fingerprint density at radius 2 is 1.64 bits per heavy atom. The number of thiazole rings is 1. The van der Waals surface area contributed by atoms with Crippen LogP contribution in [0, 0.1) is 12.3 Å². The first kappa shape index (κ1) is 38.6. The lowest BCUT2D eigenvalue weighted by Crippen LogP contribution is -2.57. The summed E-state index contributed by atoms with van der Waals surface area (Å²) in [6.07, 6.45) is -0.615. The number of rotatable bonds is 17. The second kappa shape index (κ2) is 18.7. The van der Waals surface area contributed by atoms with Crippen LogP contribution in [-0.4, -0.2) is 89.8 Å². The number of aliphatic hydroxyl groups excluding tert-OH is 1. The standard InChI is InChI=1S/C37H48N4O8S/c1-25-33(50-24-39-25)28-12-10-26(11-13-28)21-38-35(45)30-20-29(42)22-41(30)36(46)34(37(2,3)4)40-31(43)14-16-47-18-19-48-17-15-32(44)49-23-27-8-6-5-7-9-27/h5-13,24,29-30,34,42H,14-23H2,1-4H3,(H,38,45)(H,40,43)/t29-,30+,34-/m1/s1. The molecule has 3 amide bonds. The van der Waals surface area contributed by atoms with Gasteiger partial charge in [0.2, 0.25) is 17.7 Å². The number of carbonyl (C=O) groups is 4. The summed E-state index contributed by atoms with van der Waals surface area (Å²) in [6, 6.07) is 15.5. The van der Waals surface area contributed by atoms with Gasteiger partial charge in [0, 0.05) is 25.9 Å². The Bertz CT molecular complexity index is 1560. The zero-order valence-corrected chi connectivity index (χ0v) is 30.0. The lowest BCUT2D eigenvalue weighted by Gasteiger charge is -2.35. The van der Waals surface area contributed by atoms with Crippen LogP contribution < -0.4 is 10.6 Å². The summed E-state index contributed by atoms with van der Waals surface area (Å²) < 4.78 is 16.2. The number of hydrogen-bond donors (Lipinski definition) is 3. The Morgan fingerprint density at radius 3 is 2.28 bits per heavy atom. The number of ether oxygens (including phenoxy) is 3. The lowest BCUT2D eigenvalue weighted by atomic mass is 9.85. The van der Waals surface area contributed by atoms with E-state index in [0.29, 0.717) is 0 Å². The van der Waals surface area contributed by atoms with Gasteiger partial charge < -0.3 is 34.9 Å². The van der Waals surface area contributed by atoms with E-state index in [9.17, 15) is 24.3 Å². The highest BCUT2D eigenvalue weighted by molar-refractivity contribution is 7.13. The van der Waals surface area contributed by atoms with E-state index in [-0.39, 0.29) is 83.2 Å². The fourth-order valence-electron chi connectivity index (χ4n) is 5.47. The maximum absolute atomic E-state index is 13.8. The summed E-state index contributed by atoms with van der Waals surface area (Å²) in [5.74, 6) is -1.52. The van der Waals surface area contributed by atoms with Gasteiger partial charge in [-0.2, -0.15) is 0 Å². The number of carbonyl (C=O) groups excluding carboxylic acids is 4. The first-order valence-corrected chi connectivity index (χ1v) is 17.7. The van der Waals surface area contributed by atoms with E-state index in [4.69, 9.17) is 14.2 Å². The van der Waals surface area contributed by atoms with E-state index < -0.39 is 29.5 Å². The monoisotopic (exact) mass is 708 g/mol. The van der Waals surface area contributed by atoms with E-state index in [0.717, 1.165) is 27.3 Å². The highest BCUT2D eigenvalue weighted by Crippen LogP contribution is 2.28. The van der Waals surface area contributed by atoms with Crippen molar-refractivity contribution >= 4 is 35.0 Å². The van der Waals surface area contributed by atoms with Crippen LogP contribution in [0.25, 0.3) is 10.4 Å². The molecule has 13 heteroatoms. The number of hydrogen-bond acceptors (Lipinski definition) is 10. The number of nitrogens with one attached hydrogen (secondary N) is 2. The van der Waals surface area contributed by atoms with E-state index >= 15 is 0 Å². The zero-order chi connectivity index (χ0) is 36.1. The molecule has 4 rings (SSSR count).